The number of carbonyl (C=O) groups is 1. The molecule has 0 aliphatic rings. The first-order valence-electron chi connectivity index (χ1n) is 3.55. The highest BCUT2D eigenvalue weighted by Crippen LogP contribution is 2.15. The van der Waals surface area contributed by atoms with E-state index in [1.165, 1.54) is 0 Å². The molecule has 0 aliphatic carbocycles. The number of aromatic amines is 1. The van der Waals surface area contributed by atoms with Crippen LogP contribution in [0, 0.1) is 0 Å². The van der Waals surface area contributed by atoms with Crippen molar-refractivity contribution in [2.75, 3.05) is 5.73 Å². The largest absolute Gasteiger partial charge is 0.481 e. The van der Waals surface area contributed by atoms with Crippen LogP contribution in [0.5, 0.6) is 0 Å². The Balaban J connectivity index is 2.87. The Labute approximate surface area is 68.8 Å². The number of rotatable bonds is 3. The van der Waals surface area contributed by atoms with Crippen molar-refractivity contribution in [1.29, 1.82) is 0 Å². The molecule has 0 spiro atoms. The van der Waals surface area contributed by atoms with E-state index >= 15 is 0 Å². The van der Waals surface area contributed by atoms with E-state index in [2.05, 4.69) is 15.2 Å². The third-order valence-electron chi connectivity index (χ3n) is 1.56. The molecule has 1 aromatic heterocycles. The third kappa shape index (κ3) is 1.52. The number of anilines is 1. The molecule has 0 amide bonds. The zero-order chi connectivity index (χ0) is 9.14. The number of nitrogens with zero attached hydrogens (tertiary/aromatic N) is 2. The number of carboxylic acid groups (broad SMARTS) is 1. The number of aliphatic carboxylic acids is 1. The van der Waals surface area contributed by atoms with E-state index in [1.807, 2.05) is 0 Å². The molecule has 1 atom stereocenters. The summed E-state index contributed by atoms with van der Waals surface area (Å²) in [4.78, 5) is 14.3. The van der Waals surface area contributed by atoms with Gasteiger partial charge in [-0.3, -0.25) is 9.89 Å². The molecule has 1 heterocycles. The minimum atomic E-state index is -0.923. The van der Waals surface area contributed by atoms with Crippen LogP contribution in [0.2, 0.25) is 0 Å². The Hall–Kier alpha value is -1.59. The van der Waals surface area contributed by atoms with E-state index in [-0.39, 0.29) is 5.95 Å². The molecule has 0 aliphatic heterocycles. The lowest BCUT2D eigenvalue weighted by molar-refractivity contribution is -0.139. The van der Waals surface area contributed by atoms with Crippen molar-refractivity contribution in [2.24, 2.45) is 0 Å². The van der Waals surface area contributed by atoms with Gasteiger partial charge >= 0.3 is 5.97 Å². The second-order valence-corrected chi connectivity index (χ2v) is 2.38. The molecule has 6 heteroatoms. The summed E-state index contributed by atoms with van der Waals surface area (Å²) < 4.78 is 0. The summed E-state index contributed by atoms with van der Waals surface area (Å²) in [5.41, 5.74) is 5.22. The van der Waals surface area contributed by atoms with Gasteiger partial charge in [0.2, 0.25) is 5.95 Å². The number of carboxylic acids is 1. The Kier molecular flexibility index (Phi) is 2.27. The van der Waals surface area contributed by atoms with Gasteiger partial charge in [-0.25, -0.2) is 0 Å². The zero-order valence-corrected chi connectivity index (χ0v) is 6.61. The van der Waals surface area contributed by atoms with Crippen LogP contribution >= 0.6 is 0 Å². The van der Waals surface area contributed by atoms with Gasteiger partial charge in [0.05, 0.1) is 0 Å². The van der Waals surface area contributed by atoms with E-state index in [9.17, 15) is 4.79 Å². The fourth-order valence-corrected chi connectivity index (χ4v) is 0.929. The summed E-state index contributed by atoms with van der Waals surface area (Å²) in [6, 6.07) is 0. The lowest BCUT2D eigenvalue weighted by Crippen LogP contribution is -2.12. The van der Waals surface area contributed by atoms with Crippen LogP contribution in [0.3, 0.4) is 0 Å². The van der Waals surface area contributed by atoms with Gasteiger partial charge < -0.3 is 10.8 Å². The second-order valence-electron chi connectivity index (χ2n) is 2.38. The monoisotopic (exact) mass is 170 g/mol. The van der Waals surface area contributed by atoms with Gasteiger partial charge in [0.15, 0.2) is 0 Å². The Morgan fingerprint density at radius 3 is 2.83 bits per heavy atom. The van der Waals surface area contributed by atoms with E-state index in [4.69, 9.17) is 10.8 Å². The molecule has 0 fully saturated rings. The normalized spacial score (nSPS) is 12.8. The molecule has 12 heavy (non-hydrogen) atoms. The van der Waals surface area contributed by atoms with E-state index in [0.29, 0.717) is 12.2 Å². The quantitative estimate of drug-likeness (QED) is 0.590. The fourth-order valence-electron chi connectivity index (χ4n) is 0.929. The fraction of sp³-hybridized carbons (Fsp3) is 0.500. The topological polar surface area (TPSA) is 105 Å². The summed E-state index contributed by atoms with van der Waals surface area (Å²) in [6.07, 6.45) is 0.462. The first-order valence-corrected chi connectivity index (χ1v) is 3.55. The first-order chi connectivity index (χ1) is 5.65. The number of nitrogens with one attached hydrogen (secondary N) is 1. The number of hydrogen-bond donors (Lipinski definition) is 3. The predicted octanol–water partition coefficient (Wildman–Crippen LogP) is -0.0349. The lowest BCUT2D eigenvalue weighted by atomic mass is 10.1. The van der Waals surface area contributed by atoms with Crippen LogP contribution in [0.15, 0.2) is 0 Å². The molecule has 66 valence electrons. The highest BCUT2D eigenvalue weighted by Gasteiger charge is 2.20. The number of aromatic nitrogens is 3. The molecule has 6 nitrogen and oxygen atoms in total. The number of nitrogen functional groups attached to an aromatic ring is 1. The van der Waals surface area contributed by atoms with E-state index in [1.54, 1.807) is 6.92 Å². The van der Waals surface area contributed by atoms with Gasteiger partial charge in [0, 0.05) is 0 Å². The predicted molar refractivity (Wildman–Crippen MR) is 41.5 cm³/mol. The van der Waals surface area contributed by atoms with E-state index in [0.717, 1.165) is 0 Å². The van der Waals surface area contributed by atoms with Crippen LogP contribution in [0.4, 0.5) is 5.95 Å². The van der Waals surface area contributed by atoms with Gasteiger partial charge in [-0.15, -0.1) is 5.10 Å². The smallest absolute Gasteiger partial charge is 0.314 e. The number of hydrogen-bond acceptors (Lipinski definition) is 4. The molecule has 1 rings (SSSR count). The van der Waals surface area contributed by atoms with Crippen LogP contribution in [0.1, 0.15) is 25.1 Å². The van der Waals surface area contributed by atoms with Gasteiger partial charge in [0.25, 0.3) is 0 Å². The van der Waals surface area contributed by atoms with Crippen molar-refractivity contribution in [1.82, 2.24) is 15.2 Å². The SMILES string of the molecule is CCC(C(=O)O)c1nc(N)n[nH]1. The molecule has 4 N–H and O–H groups in total. The summed E-state index contributed by atoms with van der Waals surface area (Å²) >= 11 is 0. The standard InChI is InChI=1S/C6H10N4O2/c1-2-3(5(11)12)4-8-6(7)10-9-4/h3H,2H2,1H3,(H,11,12)(H3,7,8,9,10). The molecule has 0 aromatic carbocycles. The molecule has 0 radical (unpaired) electrons. The highest BCUT2D eigenvalue weighted by atomic mass is 16.4. The average Bonchev–Trinajstić information content (AvgIpc) is 2.37. The van der Waals surface area contributed by atoms with Gasteiger partial charge in [0.1, 0.15) is 11.7 Å². The summed E-state index contributed by atoms with van der Waals surface area (Å²) in [5.74, 6) is -1.18. The number of nitrogens with two attached hydrogens (primary N) is 1. The van der Waals surface area contributed by atoms with Crippen molar-refractivity contribution in [3.05, 3.63) is 5.82 Å². The molecule has 1 aromatic rings. The summed E-state index contributed by atoms with van der Waals surface area (Å²) in [6.45, 7) is 1.76. The zero-order valence-electron chi connectivity index (χ0n) is 6.61. The van der Waals surface area contributed by atoms with Crippen molar-refractivity contribution in [2.45, 2.75) is 19.3 Å². The van der Waals surface area contributed by atoms with Crippen LogP contribution in [-0.4, -0.2) is 26.3 Å². The van der Waals surface area contributed by atoms with Crippen molar-refractivity contribution < 1.29 is 9.90 Å². The van der Waals surface area contributed by atoms with Gasteiger partial charge in [-0.2, -0.15) is 4.98 Å². The molecule has 0 saturated carbocycles. The average molecular weight is 170 g/mol. The van der Waals surface area contributed by atoms with Crippen LogP contribution < -0.4 is 5.73 Å². The van der Waals surface area contributed by atoms with Crippen LogP contribution in [-0.2, 0) is 4.79 Å². The van der Waals surface area contributed by atoms with Crippen LogP contribution in [0.25, 0.3) is 0 Å². The highest BCUT2D eigenvalue weighted by molar-refractivity contribution is 5.74. The molecule has 1 unspecified atom stereocenters. The Bertz CT molecular complexity index is 283. The Morgan fingerprint density at radius 2 is 2.50 bits per heavy atom. The van der Waals surface area contributed by atoms with E-state index < -0.39 is 11.9 Å². The maximum atomic E-state index is 10.6. The second kappa shape index (κ2) is 3.21. The number of H-pyrrole nitrogens is 1. The van der Waals surface area contributed by atoms with Gasteiger partial charge in [-0.1, -0.05) is 6.92 Å². The summed E-state index contributed by atoms with van der Waals surface area (Å²) in [7, 11) is 0. The third-order valence-corrected chi connectivity index (χ3v) is 1.56. The molecular weight excluding hydrogens is 160 g/mol. The van der Waals surface area contributed by atoms with Crippen molar-refractivity contribution in [3.63, 3.8) is 0 Å². The maximum absolute atomic E-state index is 10.6. The van der Waals surface area contributed by atoms with Crippen molar-refractivity contribution in [3.8, 4) is 0 Å². The molecule has 0 saturated heterocycles. The lowest BCUT2D eigenvalue weighted by Gasteiger charge is -2.03. The minimum Gasteiger partial charge on any atom is -0.481 e. The van der Waals surface area contributed by atoms with Crippen molar-refractivity contribution >= 4 is 11.9 Å². The van der Waals surface area contributed by atoms with Gasteiger partial charge in [-0.05, 0) is 6.42 Å². The maximum Gasteiger partial charge on any atom is 0.314 e. The molecule has 0 bridgehead atoms. The summed E-state index contributed by atoms with van der Waals surface area (Å²) in [5, 5.41) is 14.7. The Morgan fingerprint density at radius 1 is 1.83 bits per heavy atom. The minimum absolute atomic E-state index is 0.0738. The first kappa shape index (κ1) is 8.51. The molecular formula is C6H10N4O2.